The number of amides is 1. The largest absolute Gasteiger partial charge is 0.370 e. The summed E-state index contributed by atoms with van der Waals surface area (Å²) in [5.41, 5.74) is 1.81. The van der Waals surface area contributed by atoms with Gasteiger partial charge in [-0.05, 0) is 18.2 Å². The van der Waals surface area contributed by atoms with E-state index in [2.05, 4.69) is 10.6 Å². The number of fused-ring (bicyclic) bond motifs is 1. The lowest BCUT2D eigenvalue weighted by molar-refractivity contribution is -0.384. The Morgan fingerprint density at radius 1 is 1.24 bits per heavy atom. The fraction of sp³-hybridized carbons (Fsp3) is 0.0714. The molecule has 3 rings (SSSR count). The second-order valence-corrected chi connectivity index (χ2v) is 4.98. The molecule has 0 radical (unpaired) electrons. The third-order valence-corrected chi connectivity index (χ3v) is 3.57. The van der Waals surface area contributed by atoms with Crippen LogP contribution in [0, 0.1) is 10.1 Å². The smallest absolute Gasteiger partial charge is 0.289 e. The van der Waals surface area contributed by atoms with Gasteiger partial charge in [-0.1, -0.05) is 29.8 Å². The number of nitro benzene ring substituents is 1. The molecule has 7 heteroatoms. The summed E-state index contributed by atoms with van der Waals surface area (Å²) in [5.74, 6) is -0.200. The average Bonchev–Trinajstić information content (AvgIpc) is 2.77. The normalized spacial score (nSPS) is 16.2. The summed E-state index contributed by atoms with van der Waals surface area (Å²) in [4.78, 5) is 22.3. The quantitative estimate of drug-likeness (QED) is 0.672. The van der Waals surface area contributed by atoms with E-state index in [9.17, 15) is 14.9 Å². The molecule has 0 aliphatic carbocycles. The number of hydrogen-bond acceptors (Lipinski definition) is 4. The molecule has 1 unspecified atom stereocenters. The summed E-state index contributed by atoms with van der Waals surface area (Å²) in [6.07, 6.45) is 0. The molecule has 21 heavy (non-hydrogen) atoms. The number of halogens is 1. The second kappa shape index (κ2) is 5.06. The third-order valence-electron chi connectivity index (χ3n) is 3.25. The molecule has 0 fully saturated rings. The van der Waals surface area contributed by atoms with E-state index >= 15 is 0 Å². The van der Waals surface area contributed by atoms with Crippen LogP contribution in [-0.2, 0) is 4.79 Å². The molecule has 1 aliphatic rings. The van der Waals surface area contributed by atoms with Crippen LogP contribution in [0.5, 0.6) is 0 Å². The molecule has 6 nitrogen and oxygen atoms in total. The molecule has 2 aromatic rings. The lowest BCUT2D eigenvalue weighted by atomic mass is 10.1. The van der Waals surface area contributed by atoms with Crippen LogP contribution < -0.4 is 10.6 Å². The van der Waals surface area contributed by atoms with Gasteiger partial charge in [0, 0.05) is 23.0 Å². The van der Waals surface area contributed by atoms with Crippen LogP contribution in [0.1, 0.15) is 11.6 Å². The minimum Gasteiger partial charge on any atom is -0.370 e. The van der Waals surface area contributed by atoms with Gasteiger partial charge in [-0.2, -0.15) is 0 Å². The summed E-state index contributed by atoms with van der Waals surface area (Å²) in [6.45, 7) is 0. The summed E-state index contributed by atoms with van der Waals surface area (Å²) >= 11 is 5.77. The minimum absolute atomic E-state index is 0.0572. The molecule has 106 valence electrons. The van der Waals surface area contributed by atoms with Gasteiger partial charge in [0.1, 0.15) is 11.1 Å². The van der Waals surface area contributed by atoms with Gasteiger partial charge >= 0.3 is 0 Å². The van der Waals surface area contributed by atoms with Crippen molar-refractivity contribution in [2.24, 2.45) is 0 Å². The summed E-state index contributed by atoms with van der Waals surface area (Å²) in [6, 6.07) is 11.1. The van der Waals surface area contributed by atoms with Gasteiger partial charge in [0.25, 0.3) is 11.6 Å². The van der Waals surface area contributed by atoms with Crippen molar-refractivity contribution in [3.8, 4) is 0 Å². The average molecular weight is 304 g/mol. The van der Waals surface area contributed by atoms with Crippen LogP contribution >= 0.6 is 11.6 Å². The topological polar surface area (TPSA) is 84.3 Å². The van der Waals surface area contributed by atoms with Crippen LogP contribution in [0.4, 0.5) is 17.1 Å². The number of carbonyl (C=O) groups excluding carboxylic acids is 1. The van der Waals surface area contributed by atoms with E-state index in [1.165, 1.54) is 12.1 Å². The molecule has 0 saturated heterocycles. The molecule has 1 amide bonds. The van der Waals surface area contributed by atoms with Crippen molar-refractivity contribution in [1.29, 1.82) is 0 Å². The van der Waals surface area contributed by atoms with E-state index in [4.69, 9.17) is 11.6 Å². The number of para-hydroxylation sites is 1. The van der Waals surface area contributed by atoms with Gasteiger partial charge in [0.15, 0.2) is 0 Å². The van der Waals surface area contributed by atoms with Crippen molar-refractivity contribution in [2.45, 2.75) is 6.04 Å². The van der Waals surface area contributed by atoms with E-state index in [-0.39, 0.29) is 16.6 Å². The van der Waals surface area contributed by atoms with Crippen LogP contribution in [0.25, 0.3) is 0 Å². The zero-order valence-corrected chi connectivity index (χ0v) is 11.4. The predicted molar refractivity (Wildman–Crippen MR) is 79.5 cm³/mol. The van der Waals surface area contributed by atoms with Gasteiger partial charge in [0.05, 0.1) is 4.92 Å². The first-order valence-corrected chi connectivity index (χ1v) is 6.54. The SMILES string of the molecule is O=C1Nc2ccccc2C1Nc1ccc(Cl)c([N+](=O)[O-])c1. The van der Waals surface area contributed by atoms with Crippen LogP contribution in [0.15, 0.2) is 42.5 Å². The number of anilines is 2. The van der Waals surface area contributed by atoms with Gasteiger partial charge < -0.3 is 10.6 Å². The minimum atomic E-state index is -0.582. The molecular formula is C14H10ClN3O3. The Hall–Kier alpha value is -2.60. The third kappa shape index (κ3) is 2.41. The Morgan fingerprint density at radius 2 is 2.00 bits per heavy atom. The fourth-order valence-corrected chi connectivity index (χ4v) is 2.45. The van der Waals surface area contributed by atoms with Gasteiger partial charge in [-0.15, -0.1) is 0 Å². The molecule has 0 spiro atoms. The highest BCUT2D eigenvalue weighted by molar-refractivity contribution is 6.32. The standard InChI is InChI=1S/C14H10ClN3O3/c15-10-6-5-8(7-12(10)18(20)21)16-13-9-3-1-2-4-11(9)17-14(13)19/h1-7,13,16H,(H,17,19). The van der Waals surface area contributed by atoms with Gasteiger partial charge in [0.2, 0.25) is 0 Å². The molecule has 2 N–H and O–H groups in total. The van der Waals surface area contributed by atoms with Gasteiger partial charge in [-0.3, -0.25) is 14.9 Å². The number of nitrogens with one attached hydrogen (secondary N) is 2. The Balaban J connectivity index is 1.92. The number of benzene rings is 2. The van der Waals surface area contributed by atoms with Crippen molar-refractivity contribution < 1.29 is 9.72 Å². The summed E-state index contributed by atoms with van der Waals surface area (Å²) in [7, 11) is 0. The van der Waals surface area contributed by atoms with Crippen LogP contribution in [-0.4, -0.2) is 10.8 Å². The predicted octanol–water partition coefficient (Wildman–Crippen LogP) is 3.35. The van der Waals surface area contributed by atoms with Gasteiger partial charge in [-0.25, -0.2) is 0 Å². The van der Waals surface area contributed by atoms with Crippen molar-refractivity contribution in [3.63, 3.8) is 0 Å². The van der Waals surface area contributed by atoms with Crippen molar-refractivity contribution in [3.05, 3.63) is 63.2 Å². The number of carbonyl (C=O) groups is 1. The maximum absolute atomic E-state index is 12.0. The zero-order chi connectivity index (χ0) is 15.0. The molecule has 2 aromatic carbocycles. The Labute approximate surface area is 124 Å². The zero-order valence-electron chi connectivity index (χ0n) is 10.7. The van der Waals surface area contributed by atoms with E-state index in [0.717, 1.165) is 11.3 Å². The molecule has 1 atom stereocenters. The van der Waals surface area contributed by atoms with Crippen LogP contribution in [0.3, 0.4) is 0 Å². The van der Waals surface area contributed by atoms with E-state index in [1.807, 2.05) is 18.2 Å². The Morgan fingerprint density at radius 3 is 2.76 bits per heavy atom. The number of hydrogen-bond donors (Lipinski definition) is 2. The van der Waals surface area contributed by atoms with Crippen molar-refractivity contribution in [2.75, 3.05) is 10.6 Å². The molecule has 0 bridgehead atoms. The molecular weight excluding hydrogens is 294 g/mol. The molecule has 1 heterocycles. The highest BCUT2D eigenvalue weighted by Crippen LogP contribution is 2.34. The number of nitrogens with zero attached hydrogens (tertiary/aromatic N) is 1. The monoisotopic (exact) mass is 303 g/mol. The maximum atomic E-state index is 12.0. The second-order valence-electron chi connectivity index (χ2n) is 4.58. The summed E-state index contributed by atoms with van der Waals surface area (Å²) in [5, 5.41) is 16.7. The van der Waals surface area contributed by atoms with Crippen LogP contribution in [0.2, 0.25) is 5.02 Å². The summed E-state index contributed by atoms with van der Waals surface area (Å²) < 4.78 is 0. The fourth-order valence-electron chi connectivity index (χ4n) is 2.26. The van der Waals surface area contributed by atoms with Crippen molar-refractivity contribution in [1.82, 2.24) is 0 Å². The van der Waals surface area contributed by atoms with E-state index in [0.29, 0.717) is 5.69 Å². The highest BCUT2D eigenvalue weighted by atomic mass is 35.5. The first-order valence-electron chi connectivity index (χ1n) is 6.16. The van der Waals surface area contributed by atoms with E-state index < -0.39 is 11.0 Å². The molecule has 1 aliphatic heterocycles. The maximum Gasteiger partial charge on any atom is 0.289 e. The van der Waals surface area contributed by atoms with Crippen molar-refractivity contribution >= 4 is 34.6 Å². The Bertz CT molecular complexity index is 748. The lowest BCUT2D eigenvalue weighted by Gasteiger charge is -2.13. The van der Waals surface area contributed by atoms with E-state index in [1.54, 1.807) is 12.1 Å². The number of nitro groups is 1. The first-order chi connectivity index (χ1) is 10.1. The molecule has 0 aromatic heterocycles. The number of rotatable bonds is 3. The first kappa shape index (κ1) is 13.4. The molecule has 0 saturated carbocycles. The lowest BCUT2D eigenvalue weighted by Crippen LogP contribution is -2.19. The Kier molecular flexibility index (Phi) is 3.23. The highest BCUT2D eigenvalue weighted by Gasteiger charge is 2.30.